The van der Waals surface area contributed by atoms with Crippen LogP contribution in [0.15, 0.2) is 54.7 Å². The Morgan fingerprint density at radius 1 is 1.15 bits per heavy atom. The summed E-state index contributed by atoms with van der Waals surface area (Å²) in [5, 5.41) is 6.47. The second-order valence-electron chi connectivity index (χ2n) is 5.26. The van der Waals surface area contributed by atoms with Crippen LogP contribution in [0.1, 0.15) is 16.1 Å². The fraction of sp³-hybridized carbons (Fsp3) is 0.0588. The maximum absolute atomic E-state index is 13.6. The van der Waals surface area contributed by atoms with Gasteiger partial charge in [-0.1, -0.05) is 23.7 Å². The molecule has 1 heterocycles. The Bertz CT molecular complexity index is 972. The van der Waals surface area contributed by atoms with Crippen LogP contribution in [0.4, 0.5) is 18.9 Å². The molecule has 0 atom stereocenters. The lowest BCUT2D eigenvalue weighted by Crippen LogP contribution is -2.20. The van der Waals surface area contributed by atoms with Crippen LogP contribution in [-0.4, -0.2) is 15.7 Å². The molecule has 1 amide bonds. The van der Waals surface area contributed by atoms with Gasteiger partial charge in [0, 0.05) is 14.3 Å². The molecule has 9 heteroatoms. The van der Waals surface area contributed by atoms with Gasteiger partial charge < -0.3 is 5.32 Å². The molecule has 0 fully saturated rings. The molecule has 3 rings (SSSR count). The highest BCUT2D eigenvalue weighted by molar-refractivity contribution is 14.1. The summed E-state index contributed by atoms with van der Waals surface area (Å²) in [6.07, 6.45) is -3.89. The summed E-state index contributed by atoms with van der Waals surface area (Å²) in [7, 11) is 0. The van der Waals surface area contributed by atoms with Crippen molar-refractivity contribution in [1.29, 1.82) is 0 Å². The molecule has 3 aromatic rings. The number of halogens is 5. The number of hydrogen-bond acceptors (Lipinski definition) is 2. The largest absolute Gasteiger partial charge is 0.434 e. The monoisotopic (exact) mass is 491 g/mol. The number of hydrogen-bond donors (Lipinski definition) is 1. The summed E-state index contributed by atoms with van der Waals surface area (Å²) in [6.45, 7) is 0. The van der Waals surface area contributed by atoms with Gasteiger partial charge in [-0.2, -0.15) is 18.3 Å². The van der Waals surface area contributed by atoms with Gasteiger partial charge >= 0.3 is 6.18 Å². The fourth-order valence-electron chi connectivity index (χ4n) is 2.36. The molecule has 26 heavy (non-hydrogen) atoms. The number of alkyl halides is 3. The van der Waals surface area contributed by atoms with E-state index < -0.39 is 23.3 Å². The van der Waals surface area contributed by atoms with E-state index in [-0.39, 0.29) is 10.7 Å². The van der Waals surface area contributed by atoms with Crippen LogP contribution in [0.5, 0.6) is 0 Å². The molecule has 0 spiro atoms. The fourth-order valence-corrected chi connectivity index (χ4v) is 3.08. The molecule has 4 nitrogen and oxygen atoms in total. The van der Waals surface area contributed by atoms with Crippen molar-refractivity contribution >= 4 is 45.8 Å². The second-order valence-corrected chi connectivity index (χ2v) is 6.94. The maximum atomic E-state index is 13.6. The Balaban J connectivity index is 2.04. The zero-order valence-corrected chi connectivity index (χ0v) is 15.8. The number of aromatic nitrogens is 2. The molecule has 0 radical (unpaired) electrons. The van der Waals surface area contributed by atoms with Crippen LogP contribution in [0.2, 0.25) is 5.02 Å². The summed E-state index contributed by atoms with van der Waals surface area (Å²) in [4.78, 5) is 12.4. The first-order valence-electron chi connectivity index (χ1n) is 7.24. The minimum Gasteiger partial charge on any atom is -0.322 e. The molecule has 134 valence electrons. The number of nitrogens with one attached hydrogen (secondary N) is 1. The summed E-state index contributed by atoms with van der Waals surface area (Å²) in [5.41, 5.74) is -1.23. The van der Waals surface area contributed by atoms with Crippen molar-refractivity contribution < 1.29 is 18.0 Å². The van der Waals surface area contributed by atoms with Crippen LogP contribution in [-0.2, 0) is 6.18 Å². The molecule has 1 aromatic heterocycles. The molecular formula is C17H10ClF3IN3O. The number of benzene rings is 2. The Kier molecular flexibility index (Phi) is 5.24. The molecule has 1 N–H and O–H groups in total. The minimum absolute atomic E-state index is 0.109. The average molecular weight is 492 g/mol. The van der Waals surface area contributed by atoms with E-state index in [4.69, 9.17) is 11.6 Å². The third kappa shape index (κ3) is 4.01. The summed E-state index contributed by atoms with van der Waals surface area (Å²) in [6, 6.07) is 12.5. The van der Waals surface area contributed by atoms with Crippen molar-refractivity contribution in [1.82, 2.24) is 9.78 Å². The summed E-state index contributed by atoms with van der Waals surface area (Å²) >= 11 is 7.89. The van der Waals surface area contributed by atoms with Crippen molar-refractivity contribution in [3.05, 3.63) is 74.6 Å². The first-order chi connectivity index (χ1) is 12.3. The predicted octanol–water partition coefficient (Wildman–Crippen LogP) is 5.40. The van der Waals surface area contributed by atoms with Crippen LogP contribution < -0.4 is 5.32 Å². The van der Waals surface area contributed by atoms with Crippen LogP contribution in [0, 0.1) is 3.57 Å². The van der Waals surface area contributed by atoms with Gasteiger partial charge in [0.05, 0.1) is 17.4 Å². The Labute approximate surface area is 165 Å². The summed E-state index contributed by atoms with van der Waals surface area (Å²) in [5.74, 6) is -0.896. The van der Waals surface area contributed by atoms with Crippen molar-refractivity contribution in [2.24, 2.45) is 0 Å². The van der Waals surface area contributed by atoms with Crippen molar-refractivity contribution in [3.63, 3.8) is 0 Å². The topological polar surface area (TPSA) is 46.9 Å². The van der Waals surface area contributed by atoms with Crippen LogP contribution in [0.3, 0.4) is 0 Å². The van der Waals surface area contributed by atoms with Gasteiger partial charge in [0.2, 0.25) is 0 Å². The van der Waals surface area contributed by atoms with Gasteiger partial charge in [0.1, 0.15) is 0 Å². The summed E-state index contributed by atoms with van der Waals surface area (Å²) < 4.78 is 42.4. The SMILES string of the molecule is O=C(Nc1cccc(I)c1)c1cnn(-c2cccc(Cl)c2)c1C(F)(F)F. The zero-order chi connectivity index (χ0) is 18.9. The minimum atomic E-state index is -4.78. The standard InChI is InChI=1S/C17H10ClF3IN3O/c18-10-3-1-6-13(7-10)25-15(17(19,20)21)14(9-23-25)16(26)24-12-5-2-4-11(22)8-12/h1-9H,(H,24,26). The number of amides is 1. The lowest BCUT2D eigenvalue weighted by molar-refractivity contribution is -0.143. The molecule has 0 unspecified atom stereocenters. The first-order valence-corrected chi connectivity index (χ1v) is 8.69. The highest BCUT2D eigenvalue weighted by atomic mass is 127. The van der Waals surface area contributed by atoms with Gasteiger partial charge in [-0.05, 0) is 59.0 Å². The van der Waals surface area contributed by atoms with E-state index in [0.717, 1.165) is 9.77 Å². The lowest BCUT2D eigenvalue weighted by atomic mass is 10.2. The van der Waals surface area contributed by atoms with Gasteiger partial charge in [-0.25, -0.2) is 4.68 Å². The van der Waals surface area contributed by atoms with E-state index in [1.165, 1.54) is 24.3 Å². The molecule has 0 aliphatic rings. The van der Waals surface area contributed by atoms with E-state index >= 15 is 0 Å². The highest BCUT2D eigenvalue weighted by Crippen LogP contribution is 2.34. The van der Waals surface area contributed by atoms with Gasteiger partial charge in [0.15, 0.2) is 5.69 Å². The third-order valence-corrected chi connectivity index (χ3v) is 4.32. The number of carbonyl (C=O) groups excluding carboxylic acids is 1. The van der Waals surface area contributed by atoms with Gasteiger partial charge in [0.25, 0.3) is 5.91 Å². The molecule has 0 aliphatic carbocycles. The van der Waals surface area contributed by atoms with E-state index in [1.54, 1.807) is 24.3 Å². The zero-order valence-electron chi connectivity index (χ0n) is 12.9. The molecule has 0 aliphatic heterocycles. The molecule has 2 aromatic carbocycles. The van der Waals surface area contributed by atoms with E-state index in [9.17, 15) is 18.0 Å². The second kappa shape index (κ2) is 7.28. The maximum Gasteiger partial charge on any atom is 0.434 e. The molecular weight excluding hydrogens is 482 g/mol. The number of anilines is 1. The van der Waals surface area contributed by atoms with Crippen molar-refractivity contribution in [2.45, 2.75) is 6.18 Å². The first kappa shape index (κ1) is 18.7. The van der Waals surface area contributed by atoms with Crippen LogP contribution >= 0.6 is 34.2 Å². The molecule has 0 saturated heterocycles. The average Bonchev–Trinajstić information content (AvgIpc) is 3.00. The normalized spacial score (nSPS) is 11.4. The number of nitrogens with zero attached hydrogens (tertiary/aromatic N) is 2. The van der Waals surface area contributed by atoms with E-state index in [1.807, 2.05) is 22.6 Å². The van der Waals surface area contributed by atoms with E-state index in [2.05, 4.69) is 10.4 Å². The molecule has 0 saturated carbocycles. The highest BCUT2D eigenvalue weighted by Gasteiger charge is 2.40. The van der Waals surface area contributed by atoms with E-state index in [0.29, 0.717) is 10.4 Å². The van der Waals surface area contributed by atoms with Crippen LogP contribution in [0.25, 0.3) is 5.69 Å². The van der Waals surface area contributed by atoms with Crippen molar-refractivity contribution in [3.8, 4) is 5.69 Å². The van der Waals surface area contributed by atoms with Gasteiger partial charge in [-0.15, -0.1) is 0 Å². The molecule has 0 bridgehead atoms. The predicted molar refractivity (Wildman–Crippen MR) is 101 cm³/mol. The Morgan fingerprint density at radius 2 is 1.88 bits per heavy atom. The number of rotatable bonds is 3. The lowest BCUT2D eigenvalue weighted by Gasteiger charge is -2.13. The number of carbonyl (C=O) groups is 1. The van der Waals surface area contributed by atoms with Crippen molar-refractivity contribution in [2.75, 3.05) is 5.32 Å². The Hall–Kier alpha value is -2.07. The Morgan fingerprint density at radius 3 is 2.54 bits per heavy atom. The van der Waals surface area contributed by atoms with Gasteiger partial charge in [-0.3, -0.25) is 4.79 Å². The smallest absolute Gasteiger partial charge is 0.322 e. The quantitative estimate of drug-likeness (QED) is 0.499. The third-order valence-electron chi connectivity index (χ3n) is 3.42.